The van der Waals surface area contributed by atoms with Gasteiger partial charge in [-0.15, -0.1) is 10.2 Å². The molecule has 0 unspecified atom stereocenters. The summed E-state index contributed by atoms with van der Waals surface area (Å²) in [5.41, 5.74) is 4.82. The summed E-state index contributed by atoms with van der Waals surface area (Å²) in [6, 6.07) is 11.9. The summed E-state index contributed by atoms with van der Waals surface area (Å²) in [5, 5.41) is 15.6. The van der Waals surface area contributed by atoms with Crippen LogP contribution in [0.25, 0.3) is 0 Å². The van der Waals surface area contributed by atoms with Crippen LogP contribution in [-0.4, -0.2) is 21.9 Å². The molecule has 0 saturated heterocycles. The van der Waals surface area contributed by atoms with Crippen LogP contribution in [0.15, 0.2) is 40.7 Å². The second-order valence-corrected chi connectivity index (χ2v) is 8.75. The lowest BCUT2D eigenvalue weighted by Gasteiger charge is -2.11. The van der Waals surface area contributed by atoms with Crippen LogP contribution in [-0.2, 0) is 4.79 Å². The molecule has 0 aliphatic carbocycles. The Labute approximate surface area is 171 Å². The molecule has 0 aliphatic heterocycles. The number of aryl methyl sites for hydroxylation is 3. The fourth-order valence-electron chi connectivity index (χ4n) is 2.46. The predicted octanol–water partition coefficient (Wildman–Crippen LogP) is 5.59. The molecule has 2 aromatic carbocycles. The van der Waals surface area contributed by atoms with E-state index in [4.69, 9.17) is 11.6 Å². The summed E-state index contributed by atoms with van der Waals surface area (Å²) in [7, 11) is 0. The maximum atomic E-state index is 12.3. The normalized spacial score (nSPS) is 10.7. The molecule has 27 heavy (non-hydrogen) atoms. The Hall–Kier alpha value is -2.09. The lowest BCUT2D eigenvalue weighted by atomic mass is 10.1. The van der Waals surface area contributed by atoms with E-state index in [1.54, 1.807) is 0 Å². The molecular weight excluding hydrogens is 400 g/mol. The number of rotatable bonds is 6. The van der Waals surface area contributed by atoms with Crippen LogP contribution in [0.5, 0.6) is 0 Å². The van der Waals surface area contributed by atoms with Crippen molar-refractivity contribution in [3.8, 4) is 0 Å². The molecule has 1 heterocycles. The number of aromatic nitrogens is 2. The van der Waals surface area contributed by atoms with Gasteiger partial charge in [-0.3, -0.25) is 4.79 Å². The molecule has 0 aliphatic rings. The largest absolute Gasteiger partial charge is 0.330 e. The van der Waals surface area contributed by atoms with E-state index in [1.807, 2.05) is 57.2 Å². The number of amides is 1. The molecule has 8 heteroatoms. The van der Waals surface area contributed by atoms with Gasteiger partial charge in [-0.05, 0) is 50.1 Å². The van der Waals surface area contributed by atoms with Gasteiger partial charge in [0.15, 0.2) is 4.34 Å². The zero-order valence-electron chi connectivity index (χ0n) is 15.2. The Morgan fingerprint density at radius 2 is 1.85 bits per heavy atom. The minimum atomic E-state index is -0.128. The summed E-state index contributed by atoms with van der Waals surface area (Å²) >= 11 is 8.99. The van der Waals surface area contributed by atoms with Crippen molar-refractivity contribution in [3.63, 3.8) is 0 Å². The molecule has 3 rings (SSSR count). The van der Waals surface area contributed by atoms with Crippen molar-refractivity contribution >= 4 is 57.1 Å². The van der Waals surface area contributed by atoms with Gasteiger partial charge in [0, 0.05) is 5.69 Å². The fraction of sp³-hybridized carbons (Fsp3) is 0.211. The minimum Gasteiger partial charge on any atom is -0.330 e. The third kappa shape index (κ3) is 5.45. The number of hydrogen-bond donors (Lipinski definition) is 2. The molecule has 140 valence electrons. The summed E-state index contributed by atoms with van der Waals surface area (Å²) in [6.45, 7) is 5.94. The molecule has 1 amide bonds. The first-order chi connectivity index (χ1) is 12.9. The van der Waals surface area contributed by atoms with Crippen LogP contribution in [0, 0.1) is 20.8 Å². The van der Waals surface area contributed by atoms with Crippen molar-refractivity contribution in [1.82, 2.24) is 10.2 Å². The first-order valence-electron chi connectivity index (χ1n) is 8.27. The van der Waals surface area contributed by atoms with Gasteiger partial charge in [-0.25, -0.2) is 0 Å². The maximum absolute atomic E-state index is 12.3. The third-order valence-electron chi connectivity index (χ3n) is 3.73. The fourth-order valence-corrected chi connectivity index (χ4v) is 4.40. The molecular formula is C19H19ClN4OS2. The highest BCUT2D eigenvalue weighted by atomic mass is 35.5. The van der Waals surface area contributed by atoms with Gasteiger partial charge in [0.1, 0.15) is 0 Å². The molecule has 1 aromatic heterocycles. The van der Waals surface area contributed by atoms with E-state index >= 15 is 0 Å². The van der Waals surface area contributed by atoms with Crippen LogP contribution in [0.1, 0.15) is 16.7 Å². The van der Waals surface area contributed by atoms with Crippen molar-refractivity contribution in [2.45, 2.75) is 25.1 Å². The van der Waals surface area contributed by atoms with E-state index in [-0.39, 0.29) is 11.7 Å². The van der Waals surface area contributed by atoms with Crippen LogP contribution in [0.4, 0.5) is 16.5 Å². The first kappa shape index (κ1) is 19.7. The number of nitrogens with zero attached hydrogens (tertiary/aromatic N) is 2. The van der Waals surface area contributed by atoms with Gasteiger partial charge in [0.05, 0.1) is 16.5 Å². The van der Waals surface area contributed by atoms with Gasteiger partial charge >= 0.3 is 0 Å². The lowest BCUT2D eigenvalue weighted by molar-refractivity contribution is -0.113. The summed E-state index contributed by atoms with van der Waals surface area (Å²) in [6.07, 6.45) is 0. The molecule has 5 nitrogen and oxygen atoms in total. The molecule has 0 bridgehead atoms. The van der Waals surface area contributed by atoms with Crippen LogP contribution in [0.2, 0.25) is 5.02 Å². The second-order valence-electron chi connectivity index (χ2n) is 6.14. The molecule has 0 fully saturated rings. The monoisotopic (exact) mass is 418 g/mol. The Bertz CT molecular complexity index is 934. The molecule has 0 saturated carbocycles. The Morgan fingerprint density at radius 1 is 1.11 bits per heavy atom. The average Bonchev–Trinajstić information content (AvgIpc) is 3.06. The molecule has 0 spiro atoms. The van der Waals surface area contributed by atoms with Crippen LogP contribution in [0.3, 0.4) is 0 Å². The van der Waals surface area contributed by atoms with E-state index < -0.39 is 0 Å². The Balaban J connectivity index is 1.55. The van der Waals surface area contributed by atoms with Gasteiger partial charge in [-0.2, -0.15) is 0 Å². The number of nitrogens with one attached hydrogen (secondary N) is 2. The molecule has 0 radical (unpaired) electrons. The quantitative estimate of drug-likeness (QED) is 0.510. The van der Waals surface area contributed by atoms with Crippen molar-refractivity contribution in [1.29, 1.82) is 0 Å². The number of carbonyl (C=O) groups is 1. The van der Waals surface area contributed by atoms with E-state index in [2.05, 4.69) is 20.8 Å². The molecule has 2 N–H and O–H groups in total. The number of benzene rings is 2. The number of hydrogen-bond acceptors (Lipinski definition) is 6. The highest BCUT2D eigenvalue weighted by molar-refractivity contribution is 8.01. The zero-order chi connectivity index (χ0) is 19.4. The van der Waals surface area contributed by atoms with Crippen LogP contribution >= 0.6 is 34.7 Å². The van der Waals surface area contributed by atoms with E-state index in [1.165, 1.54) is 28.7 Å². The molecule has 3 aromatic rings. The average molecular weight is 419 g/mol. The summed E-state index contributed by atoms with van der Waals surface area (Å²) in [4.78, 5) is 12.3. The Kier molecular flexibility index (Phi) is 6.36. The minimum absolute atomic E-state index is 0.128. The number of carbonyl (C=O) groups excluding carboxylic acids is 1. The van der Waals surface area contributed by atoms with Gasteiger partial charge in [0.2, 0.25) is 11.0 Å². The highest BCUT2D eigenvalue weighted by Gasteiger charge is 2.12. The van der Waals surface area contributed by atoms with Crippen molar-refractivity contribution in [3.05, 3.63) is 58.1 Å². The Morgan fingerprint density at radius 3 is 2.56 bits per heavy atom. The number of halogens is 1. The van der Waals surface area contributed by atoms with Crippen molar-refractivity contribution in [2.75, 3.05) is 16.4 Å². The third-order valence-corrected chi connectivity index (χ3v) is 6.00. The summed E-state index contributed by atoms with van der Waals surface area (Å²) < 4.78 is 0.728. The van der Waals surface area contributed by atoms with Crippen molar-refractivity contribution in [2.24, 2.45) is 0 Å². The maximum Gasteiger partial charge on any atom is 0.234 e. The summed E-state index contributed by atoms with van der Waals surface area (Å²) in [5.74, 6) is 0.111. The van der Waals surface area contributed by atoms with E-state index in [9.17, 15) is 4.79 Å². The van der Waals surface area contributed by atoms with E-state index in [0.717, 1.165) is 21.2 Å². The van der Waals surface area contributed by atoms with Gasteiger partial charge < -0.3 is 10.6 Å². The number of thioether (sulfide) groups is 1. The zero-order valence-corrected chi connectivity index (χ0v) is 17.6. The molecule has 0 atom stereocenters. The van der Waals surface area contributed by atoms with Crippen LogP contribution < -0.4 is 10.6 Å². The SMILES string of the molecule is Cc1ccc(Nc2nnc(SCC(=O)Nc3c(C)cc(C)cc3Cl)s2)cc1. The highest BCUT2D eigenvalue weighted by Crippen LogP contribution is 2.30. The number of anilines is 3. The van der Waals surface area contributed by atoms with Gasteiger partial charge in [-0.1, -0.05) is 58.5 Å². The second kappa shape index (κ2) is 8.73. The first-order valence-corrected chi connectivity index (χ1v) is 10.5. The lowest BCUT2D eigenvalue weighted by Crippen LogP contribution is -2.15. The van der Waals surface area contributed by atoms with Crippen molar-refractivity contribution < 1.29 is 4.79 Å². The standard InChI is InChI=1S/C19H19ClN4OS2/c1-11-4-6-14(7-5-11)21-18-23-24-19(27-18)26-10-16(25)22-17-13(3)8-12(2)9-15(17)20/h4-9H,10H2,1-3H3,(H,21,23)(H,22,25). The predicted molar refractivity (Wildman–Crippen MR) is 115 cm³/mol. The smallest absolute Gasteiger partial charge is 0.234 e. The topological polar surface area (TPSA) is 66.9 Å². The van der Waals surface area contributed by atoms with Gasteiger partial charge in [0.25, 0.3) is 0 Å². The van der Waals surface area contributed by atoms with E-state index in [0.29, 0.717) is 15.8 Å².